The Balaban J connectivity index is 3.91. The number of nitrogens with two attached hydrogens (primary N) is 1. The number of rotatable bonds is 12. The molecule has 118 valence electrons. The van der Waals surface area contributed by atoms with E-state index in [4.69, 9.17) is 10.8 Å². The molecule has 0 bridgehead atoms. The lowest BCUT2D eigenvalue weighted by atomic mass is 9.94. The third-order valence-corrected chi connectivity index (χ3v) is 3.93. The van der Waals surface area contributed by atoms with Gasteiger partial charge in [-0.15, -0.1) is 0 Å². The molecule has 0 aromatic heterocycles. The first-order valence-electron chi connectivity index (χ1n) is 7.25. The second-order valence-electron chi connectivity index (χ2n) is 5.05. The number of thioether (sulfide) groups is 1. The second-order valence-corrected chi connectivity index (χ2v) is 6.04. The van der Waals surface area contributed by atoms with Crippen LogP contribution in [0.2, 0.25) is 0 Å². The first-order valence-corrected chi connectivity index (χ1v) is 8.64. The Morgan fingerprint density at radius 1 is 1.25 bits per heavy atom. The van der Waals surface area contributed by atoms with E-state index in [0.29, 0.717) is 25.3 Å². The first kappa shape index (κ1) is 19.2. The van der Waals surface area contributed by atoms with Crippen molar-refractivity contribution in [1.82, 2.24) is 5.32 Å². The Morgan fingerprint density at radius 3 is 2.50 bits per heavy atom. The molecule has 1 amide bonds. The highest BCUT2D eigenvalue weighted by Gasteiger charge is 2.14. The molecule has 0 heterocycles. The fourth-order valence-electron chi connectivity index (χ4n) is 2.08. The van der Waals surface area contributed by atoms with Gasteiger partial charge in [0, 0.05) is 13.0 Å². The molecule has 0 spiro atoms. The molecule has 0 saturated heterocycles. The summed E-state index contributed by atoms with van der Waals surface area (Å²) in [6, 6.07) is -0.439. The number of amides is 1. The summed E-state index contributed by atoms with van der Waals surface area (Å²) in [4.78, 5) is 22.3. The Hall–Kier alpha value is -0.750. The SMILES string of the molecule is CCCC(CCNC(=O)[C@H](N)CCSC)CCC(=O)O. The van der Waals surface area contributed by atoms with Crippen LogP contribution in [0.1, 0.15) is 45.4 Å². The number of hydrogen-bond acceptors (Lipinski definition) is 4. The lowest BCUT2D eigenvalue weighted by molar-refractivity contribution is -0.137. The molecule has 0 aromatic rings. The number of carbonyl (C=O) groups is 2. The van der Waals surface area contributed by atoms with Gasteiger partial charge in [-0.05, 0) is 37.2 Å². The highest BCUT2D eigenvalue weighted by molar-refractivity contribution is 7.98. The van der Waals surface area contributed by atoms with Gasteiger partial charge in [-0.2, -0.15) is 11.8 Å². The first-order chi connectivity index (χ1) is 9.51. The van der Waals surface area contributed by atoms with Crippen molar-refractivity contribution in [2.24, 2.45) is 11.7 Å². The van der Waals surface area contributed by atoms with Crippen LogP contribution in [0.25, 0.3) is 0 Å². The van der Waals surface area contributed by atoms with Crippen LogP contribution in [0.3, 0.4) is 0 Å². The van der Waals surface area contributed by atoms with Crippen LogP contribution < -0.4 is 11.1 Å². The van der Waals surface area contributed by atoms with Gasteiger partial charge in [0.1, 0.15) is 0 Å². The van der Waals surface area contributed by atoms with Crippen LogP contribution in [0.15, 0.2) is 0 Å². The molecule has 0 rings (SSSR count). The van der Waals surface area contributed by atoms with Gasteiger partial charge < -0.3 is 16.2 Å². The van der Waals surface area contributed by atoms with Crippen molar-refractivity contribution in [1.29, 1.82) is 0 Å². The summed E-state index contributed by atoms with van der Waals surface area (Å²) in [5.41, 5.74) is 5.77. The third-order valence-electron chi connectivity index (χ3n) is 3.28. The average Bonchev–Trinajstić information content (AvgIpc) is 2.41. The molecule has 0 aromatic carbocycles. The van der Waals surface area contributed by atoms with Crippen molar-refractivity contribution < 1.29 is 14.7 Å². The van der Waals surface area contributed by atoms with Crippen LogP contribution in [0, 0.1) is 5.92 Å². The van der Waals surface area contributed by atoms with Crippen molar-refractivity contribution in [3.05, 3.63) is 0 Å². The molecule has 0 saturated carbocycles. The number of hydrogen-bond donors (Lipinski definition) is 3. The zero-order valence-electron chi connectivity index (χ0n) is 12.6. The number of nitrogens with one attached hydrogen (secondary N) is 1. The van der Waals surface area contributed by atoms with E-state index in [0.717, 1.165) is 25.0 Å². The molecule has 6 heteroatoms. The lowest BCUT2D eigenvalue weighted by Crippen LogP contribution is -2.41. The summed E-state index contributed by atoms with van der Waals surface area (Å²) in [6.45, 7) is 2.67. The van der Waals surface area contributed by atoms with Crippen molar-refractivity contribution in [2.45, 2.75) is 51.5 Å². The molecule has 0 aliphatic rings. The minimum Gasteiger partial charge on any atom is -0.481 e. The van der Waals surface area contributed by atoms with Crippen LogP contribution in [-0.2, 0) is 9.59 Å². The molecular formula is C14H28N2O3S. The summed E-state index contributed by atoms with van der Waals surface area (Å²) < 4.78 is 0. The molecule has 4 N–H and O–H groups in total. The third kappa shape index (κ3) is 10.1. The van der Waals surface area contributed by atoms with Gasteiger partial charge in [0.2, 0.25) is 5.91 Å². The summed E-state index contributed by atoms with van der Waals surface area (Å²) in [5.74, 6) is 0.381. The molecule has 0 fully saturated rings. The number of carboxylic acids is 1. The fourth-order valence-corrected chi connectivity index (χ4v) is 2.56. The van der Waals surface area contributed by atoms with Gasteiger partial charge in [-0.1, -0.05) is 19.8 Å². The van der Waals surface area contributed by atoms with E-state index in [1.54, 1.807) is 11.8 Å². The van der Waals surface area contributed by atoms with Crippen molar-refractivity contribution in [3.8, 4) is 0 Å². The smallest absolute Gasteiger partial charge is 0.303 e. The fraction of sp³-hybridized carbons (Fsp3) is 0.857. The molecule has 0 radical (unpaired) electrons. The zero-order chi connectivity index (χ0) is 15.4. The molecule has 2 atom stereocenters. The van der Waals surface area contributed by atoms with E-state index in [-0.39, 0.29) is 12.3 Å². The highest BCUT2D eigenvalue weighted by Crippen LogP contribution is 2.17. The van der Waals surface area contributed by atoms with Crippen LogP contribution in [0.4, 0.5) is 0 Å². The lowest BCUT2D eigenvalue weighted by Gasteiger charge is -2.17. The molecule has 20 heavy (non-hydrogen) atoms. The molecule has 0 aliphatic carbocycles. The topological polar surface area (TPSA) is 92.4 Å². The largest absolute Gasteiger partial charge is 0.481 e. The van der Waals surface area contributed by atoms with E-state index >= 15 is 0 Å². The van der Waals surface area contributed by atoms with E-state index in [2.05, 4.69) is 12.2 Å². The van der Waals surface area contributed by atoms with Gasteiger partial charge in [0.25, 0.3) is 0 Å². The predicted octanol–water partition coefficient (Wildman–Crippen LogP) is 1.85. The van der Waals surface area contributed by atoms with Gasteiger partial charge in [0.15, 0.2) is 0 Å². The Kier molecular flexibility index (Phi) is 11.6. The maximum atomic E-state index is 11.7. The Labute approximate surface area is 126 Å². The molecular weight excluding hydrogens is 276 g/mol. The summed E-state index contributed by atoms with van der Waals surface area (Å²) in [5, 5.41) is 11.6. The second kappa shape index (κ2) is 12.0. The maximum Gasteiger partial charge on any atom is 0.303 e. The molecule has 0 aliphatic heterocycles. The van der Waals surface area contributed by atoms with E-state index in [9.17, 15) is 9.59 Å². The van der Waals surface area contributed by atoms with Gasteiger partial charge in [-0.25, -0.2) is 0 Å². The Morgan fingerprint density at radius 2 is 1.95 bits per heavy atom. The van der Waals surface area contributed by atoms with Crippen molar-refractivity contribution in [3.63, 3.8) is 0 Å². The van der Waals surface area contributed by atoms with Gasteiger partial charge >= 0.3 is 5.97 Å². The normalized spacial score (nSPS) is 13.8. The predicted molar refractivity (Wildman–Crippen MR) is 83.9 cm³/mol. The van der Waals surface area contributed by atoms with Crippen molar-refractivity contribution in [2.75, 3.05) is 18.6 Å². The average molecular weight is 304 g/mol. The summed E-state index contributed by atoms with van der Waals surface area (Å²) >= 11 is 1.68. The van der Waals surface area contributed by atoms with E-state index in [1.807, 2.05) is 6.26 Å². The highest BCUT2D eigenvalue weighted by atomic mass is 32.2. The van der Waals surface area contributed by atoms with Crippen molar-refractivity contribution >= 4 is 23.6 Å². The zero-order valence-corrected chi connectivity index (χ0v) is 13.4. The number of carbonyl (C=O) groups excluding carboxylic acids is 1. The number of aliphatic carboxylic acids is 1. The maximum absolute atomic E-state index is 11.7. The Bertz CT molecular complexity index is 288. The van der Waals surface area contributed by atoms with Crippen LogP contribution in [-0.4, -0.2) is 41.6 Å². The van der Waals surface area contributed by atoms with Crippen LogP contribution in [0.5, 0.6) is 0 Å². The minimum absolute atomic E-state index is 0.104. The van der Waals surface area contributed by atoms with E-state index < -0.39 is 12.0 Å². The quantitative estimate of drug-likeness (QED) is 0.512. The van der Waals surface area contributed by atoms with E-state index in [1.165, 1.54) is 0 Å². The summed E-state index contributed by atoms with van der Waals surface area (Å²) in [6.07, 6.45) is 6.41. The van der Waals surface area contributed by atoms with Gasteiger partial charge in [0.05, 0.1) is 6.04 Å². The molecule has 5 nitrogen and oxygen atoms in total. The summed E-state index contributed by atoms with van der Waals surface area (Å²) in [7, 11) is 0. The van der Waals surface area contributed by atoms with Crippen LogP contribution >= 0.6 is 11.8 Å². The standard InChI is InChI=1S/C14H28N2O3S/c1-3-4-11(5-6-13(17)18)7-9-16-14(19)12(15)8-10-20-2/h11-12H,3-10,15H2,1-2H3,(H,16,19)(H,17,18)/t11?,12-/m1/s1. The monoisotopic (exact) mass is 304 g/mol. The number of carboxylic acid groups (broad SMARTS) is 1. The molecule has 1 unspecified atom stereocenters. The minimum atomic E-state index is -0.755. The van der Waals surface area contributed by atoms with Gasteiger partial charge in [-0.3, -0.25) is 9.59 Å².